The SMILES string of the molecule is CSc1ccc([C@H]2C(C(=O)Nc3ccc(F)cc3)=C(C)NC3=C2C(=O)C[C@H](c2ccccc2)C3)cc1. The predicted octanol–water partition coefficient (Wildman–Crippen LogP) is 6.55. The molecule has 3 aromatic carbocycles. The third kappa shape index (κ3) is 4.73. The Hall–Kier alpha value is -3.64. The van der Waals surface area contributed by atoms with E-state index in [9.17, 15) is 14.0 Å². The Kier molecular flexibility index (Phi) is 6.79. The zero-order valence-electron chi connectivity index (χ0n) is 20.2. The van der Waals surface area contributed by atoms with E-state index in [0.717, 1.165) is 21.7 Å². The number of carbonyl (C=O) groups excluding carboxylic acids is 2. The highest BCUT2D eigenvalue weighted by atomic mass is 32.2. The number of benzene rings is 3. The Morgan fingerprint density at radius 3 is 2.31 bits per heavy atom. The molecule has 0 unspecified atom stereocenters. The number of allylic oxidation sites excluding steroid dienone is 3. The lowest BCUT2D eigenvalue weighted by Gasteiger charge is -2.37. The van der Waals surface area contributed by atoms with Crippen LogP contribution in [0.4, 0.5) is 10.1 Å². The molecule has 1 amide bonds. The summed E-state index contributed by atoms with van der Waals surface area (Å²) in [6.07, 6.45) is 3.12. The van der Waals surface area contributed by atoms with Gasteiger partial charge in [0.25, 0.3) is 5.91 Å². The second-order valence-electron chi connectivity index (χ2n) is 9.16. The highest BCUT2D eigenvalue weighted by molar-refractivity contribution is 7.98. The van der Waals surface area contributed by atoms with E-state index < -0.39 is 5.92 Å². The van der Waals surface area contributed by atoms with Crippen molar-refractivity contribution in [3.05, 3.63) is 118 Å². The lowest BCUT2D eigenvalue weighted by molar-refractivity contribution is -0.116. The minimum Gasteiger partial charge on any atom is -0.362 e. The van der Waals surface area contributed by atoms with Crippen molar-refractivity contribution in [3.8, 4) is 0 Å². The Morgan fingerprint density at radius 1 is 0.944 bits per heavy atom. The number of halogens is 1. The maximum Gasteiger partial charge on any atom is 0.254 e. The predicted molar refractivity (Wildman–Crippen MR) is 142 cm³/mol. The number of nitrogens with one attached hydrogen (secondary N) is 2. The zero-order chi connectivity index (χ0) is 25.2. The van der Waals surface area contributed by atoms with Gasteiger partial charge in [0.15, 0.2) is 5.78 Å². The average molecular weight is 499 g/mol. The van der Waals surface area contributed by atoms with E-state index in [-0.39, 0.29) is 23.4 Å². The van der Waals surface area contributed by atoms with Crippen LogP contribution in [0, 0.1) is 5.82 Å². The quantitative estimate of drug-likeness (QED) is 0.392. The summed E-state index contributed by atoms with van der Waals surface area (Å²) in [6.45, 7) is 1.88. The second-order valence-corrected chi connectivity index (χ2v) is 10.0. The number of hydrogen-bond donors (Lipinski definition) is 2. The van der Waals surface area contributed by atoms with Crippen LogP contribution >= 0.6 is 11.8 Å². The Labute approximate surface area is 214 Å². The summed E-state index contributed by atoms with van der Waals surface area (Å²) >= 11 is 1.64. The van der Waals surface area contributed by atoms with Crippen molar-refractivity contribution in [2.75, 3.05) is 11.6 Å². The van der Waals surface area contributed by atoms with E-state index in [0.29, 0.717) is 35.4 Å². The number of anilines is 1. The minimum atomic E-state index is -0.484. The Morgan fingerprint density at radius 2 is 1.64 bits per heavy atom. The van der Waals surface area contributed by atoms with Crippen LogP contribution in [-0.2, 0) is 9.59 Å². The molecule has 3 aromatic rings. The molecule has 0 spiro atoms. The van der Waals surface area contributed by atoms with Crippen molar-refractivity contribution < 1.29 is 14.0 Å². The standard InChI is InChI=1S/C30H27FN2O2S/c1-18-27(30(35)33-23-12-10-22(31)11-13-23)28(20-8-14-24(36-2)15-9-20)29-25(32-18)16-21(17-26(29)34)19-6-4-3-5-7-19/h3-15,21,28,32H,16-17H2,1-2H3,(H,33,35)/t21-,28+/m1/s1. The monoisotopic (exact) mass is 498 g/mol. The van der Waals surface area contributed by atoms with Crippen LogP contribution in [-0.4, -0.2) is 17.9 Å². The molecule has 6 heteroatoms. The van der Waals surface area contributed by atoms with Crippen molar-refractivity contribution in [1.29, 1.82) is 0 Å². The maximum atomic E-state index is 13.7. The molecule has 0 radical (unpaired) electrons. The third-order valence-electron chi connectivity index (χ3n) is 6.89. The van der Waals surface area contributed by atoms with Gasteiger partial charge in [-0.1, -0.05) is 42.5 Å². The van der Waals surface area contributed by atoms with Crippen LogP contribution in [0.2, 0.25) is 0 Å². The van der Waals surface area contributed by atoms with Gasteiger partial charge >= 0.3 is 0 Å². The first-order chi connectivity index (χ1) is 17.4. The number of hydrogen-bond acceptors (Lipinski definition) is 4. The number of Topliss-reactive ketones (excluding diaryl/α,β-unsaturated/α-hetero) is 1. The van der Waals surface area contributed by atoms with Gasteiger partial charge in [-0.15, -0.1) is 11.8 Å². The molecule has 1 aliphatic heterocycles. The largest absolute Gasteiger partial charge is 0.362 e. The first-order valence-corrected chi connectivity index (χ1v) is 13.2. The molecular weight excluding hydrogens is 471 g/mol. The van der Waals surface area contributed by atoms with Gasteiger partial charge in [0, 0.05) is 45.5 Å². The molecule has 0 saturated heterocycles. The highest BCUT2D eigenvalue weighted by Crippen LogP contribution is 2.45. The van der Waals surface area contributed by atoms with E-state index >= 15 is 0 Å². The smallest absolute Gasteiger partial charge is 0.254 e. The summed E-state index contributed by atoms with van der Waals surface area (Å²) < 4.78 is 13.4. The van der Waals surface area contributed by atoms with E-state index in [1.807, 2.05) is 55.6 Å². The van der Waals surface area contributed by atoms with Gasteiger partial charge in [-0.3, -0.25) is 9.59 Å². The number of thioether (sulfide) groups is 1. The average Bonchev–Trinajstić information content (AvgIpc) is 2.89. The molecule has 2 atom stereocenters. The molecule has 1 heterocycles. The third-order valence-corrected chi connectivity index (χ3v) is 7.64. The minimum absolute atomic E-state index is 0.0520. The van der Waals surface area contributed by atoms with Crippen LogP contribution in [0.15, 0.2) is 106 Å². The van der Waals surface area contributed by atoms with Crippen molar-refractivity contribution in [3.63, 3.8) is 0 Å². The van der Waals surface area contributed by atoms with Crippen molar-refractivity contribution >= 4 is 29.1 Å². The van der Waals surface area contributed by atoms with Gasteiger partial charge < -0.3 is 10.6 Å². The zero-order valence-corrected chi connectivity index (χ0v) is 21.0. The molecule has 182 valence electrons. The van der Waals surface area contributed by atoms with Gasteiger partial charge in [0.1, 0.15) is 5.82 Å². The van der Waals surface area contributed by atoms with Crippen molar-refractivity contribution in [2.24, 2.45) is 0 Å². The lowest BCUT2D eigenvalue weighted by atomic mass is 9.71. The summed E-state index contributed by atoms with van der Waals surface area (Å²) in [5.41, 5.74) is 5.30. The summed E-state index contributed by atoms with van der Waals surface area (Å²) in [6, 6.07) is 23.8. The van der Waals surface area contributed by atoms with Crippen molar-refractivity contribution in [1.82, 2.24) is 5.32 Å². The topological polar surface area (TPSA) is 58.2 Å². The molecule has 0 aromatic heterocycles. The molecule has 36 heavy (non-hydrogen) atoms. The first-order valence-electron chi connectivity index (χ1n) is 11.9. The van der Waals surface area contributed by atoms with Gasteiger partial charge in [-0.2, -0.15) is 0 Å². The molecule has 0 fully saturated rings. The summed E-state index contributed by atoms with van der Waals surface area (Å²) in [5, 5.41) is 6.31. The van der Waals surface area contributed by atoms with Gasteiger partial charge in [-0.25, -0.2) is 4.39 Å². The normalized spacial score (nSPS) is 19.6. The van der Waals surface area contributed by atoms with Gasteiger partial charge in [0.05, 0.1) is 0 Å². The molecular formula is C30H27FN2O2S. The molecule has 0 saturated carbocycles. The van der Waals surface area contributed by atoms with Crippen LogP contribution in [0.1, 0.15) is 42.7 Å². The fourth-order valence-electron chi connectivity index (χ4n) is 5.16. The number of ketones is 1. The molecule has 4 nitrogen and oxygen atoms in total. The van der Waals surface area contributed by atoms with Crippen molar-refractivity contribution in [2.45, 2.75) is 36.5 Å². The second kappa shape index (κ2) is 10.2. The lowest BCUT2D eigenvalue weighted by Crippen LogP contribution is -2.37. The van der Waals surface area contributed by atoms with E-state index in [1.165, 1.54) is 24.3 Å². The fraction of sp³-hybridized carbons (Fsp3) is 0.200. The number of dihydropyridines is 1. The van der Waals surface area contributed by atoms with Crippen LogP contribution in [0.5, 0.6) is 0 Å². The molecule has 2 aliphatic rings. The summed E-state index contributed by atoms with van der Waals surface area (Å²) in [7, 11) is 0. The Balaban J connectivity index is 1.55. The van der Waals surface area contributed by atoms with Crippen LogP contribution < -0.4 is 10.6 Å². The Bertz CT molecular complexity index is 1360. The fourth-order valence-corrected chi connectivity index (χ4v) is 5.57. The van der Waals surface area contributed by atoms with Gasteiger partial charge in [-0.05, 0) is 73.0 Å². The molecule has 1 aliphatic carbocycles. The first kappa shape index (κ1) is 24.1. The number of rotatable bonds is 5. The van der Waals surface area contributed by atoms with Crippen LogP contribution in [0.25, 0.3) is 0 Å². The molecule has 0 bridgehead atoms. The number of amides is 1. The number of carbonyl (C=O) groups is 2. The van der Waals surface area contributed by atoms with Crippen LogP contribution in [0.3, 0.4) is 0 Å². The highest BCUT2D eigenvalue weighted by Gasteiger charge is 2.40. The van der Waals surface area contributed by atoms with E-state index in [4.69, 9.17) is 0 Å². The maximum absolute atomic E-state index is 13.7. The van der Waals surface area contributed by atoms with E-state index in [1.54, 1.807) is 11.8 Å². The molecule has 5 rings (SSSR count). The van der Waals surface area contributed by atoms with E-state index in [2.05, 4.69) is 22.8 Å². The summed E-state index contributed by atoms with van der Waals surface area (Å²) in [4.78, 5) is 28.4. The molecule has 2 N–H and O–H groups in total. The van der Waals surface area contributed by atoms with Gasteiger partial charge in [0.2, 0.25) is 0 Å². The summed E-state index contributed by atoms with van der Waals surface area (Å²) in [5.74, 6) is -1.02.